The summed E-state index contributed by atoms with van der Waals surface area (Å²) >= 11 is 0. The van der Waals surface area contributed by atoms with E-state index in [2.05, 4.69) is 20.6 Å². The molecule has 6 nitrogen and oxygen atoms in total. The van der Waals surface area contributed by atoms with Gasteiger partial charge in [-0.25, -0.2) is 9.38 Å². The minimum absolute atomic E-state index is 0.307. The van der Waals surface area contributed by atoms with E-state index >= 15 is 0 Å². The SMILES string of the molecule is CCNC(=NCc1ccccn1)NCC(Cc1ccc(F)cc1)C(N)=O. The summed E-state index contributed by atoms with van der Waals surface area (Å²) in [6, 6.07) is 11.7. The van der Waals surface area contributed by atoms with Crippen molar-refractivity contribution >= 4 is 11.9 Å². The van der Waals surface area contributed by atoms with Crippen LogP contribution < -0.4 is 16.4 Å². The van der Waals surface area contributed by atoms with Gasteiger partial charge in [-0.05, 0) is 43.2 Å². The Hall–Kier alpha value is -2.96. The summed E-state index contributed by atoms with van der Waals surface area (Å²) in [4.78, 5) is 20.5. The first-order chi connectivity index (χ1) is 12.6. The first-order valence-corrected chi connectivity index (χ1v) is 8.54. The molecule has 26 heavy (non-hydrogen) atoms. The molecule has 0 spiro atoms. The average Bonchev–Trinajstić information content (AvgIpc) is 2.65. The summed E-state index contributed by atoms with van der Waals surface area (Å²) < 4.78 is 13.0. The van der Waals surface area contributed by atoms with Crippen LogP contribution in [-0.4, -0.2) is 29.9 Å². The van der Waals surface area contributed by atoms with E-state index in [1.54, 1.807) is 18.3 Å². The molecule has 0 fully saturated rings. The summed E-state index contributed by atoms with van der Waals surface area (Å²) in [5, 5.41) is 6.27. The van der Waals surface area contributed by atoms with Crippen LogP contribution >= 0.6 is 0 Å². The number of carbonyl (C=O) groups excluding carboxylic acids is 1. The molecule has 7 heteroatoms. The molecule has 4 N–H and O–H groups in total. The number of rotatable bonds is 8. The highest BCUT2D eigenvalue weighted by atomic mass is 19.1. The summed E-state index contributed by atoms with van der Waals surface area (Å²) in [6.07, 6.45) is 2.15. The molecule has 138 valence electrons. The molecule has 2 aromatic rings. The smallest absolute Gasteiger partial charge is 0.222 e. The van der Waals surface area contributed by atoms with Crippen LogP contribution in [0.3, 0.4) is 0 Å². The van der Waals surface area contributed by atoms with Crippen LogP contribution in [0, 0.1) is 11.7 Å². The van der Waals surface area contributed by atoms with Crippen molar-refractivity contribution in [3.8, 4) is 0 Å². The standard InChI is InChI=1S/C19H24FN5O/c1-2-22-19(25-13-17-5-3-4-10-23-17)24-12-15(18(21)26)11-14-6-8-16(20)9-7-14/h3-10,15H,2,11-13H2,1H3,(H2,21,26)(H2,22,24,25). The molecule has 1 aromatic carbocycles. The Morgan fingerprint density at radius 3 is 2.62 bits per heavy atom. The monoisotopic (exact) mass is 357 g/mol. The maximum atomic E-state index is 13.0. The Morgan fingerprint density at radius 1 is 1.23 bits per heavy atom. The van der Waals surface area contributed by atoms with Gasteiger partial charge in [0.05, 0.1) is 18.2 Å². The largest absolute Gasteiger partial charge is 0.369 e. The number of aliphatic imine (C=N–C) groups is 1. The van der Waals surface area contributed by atoms with Crippen LogP contribution in [0.2, 0.25) is 0 Å². The van der Waals surface area contributed by atoms with Gasteiger partial charge in [-0.3, -0.25) is 9.78 Å². The topological polar surface area (TPSA) is 92.4 Å². The molecule has 0 bridgehead atoms. The molecular formula is C19H24FN5O. The number of amides is 1. The molecule has 1 unspecified atom stereocenters. The zero-order valence-corrected chi connectivity index (χ0v) is 14.8. The van der Waals surface area contributed by atoms with Crippen molar-refractivity contribution in [2.75, 3.05) is 13.1 Å². The predicted molar refractivity (Wildman–Crippen MR) is 99.8 cm³/mol. The second-order valence-electron chi connectivity index (χ2n) is 5.83. The Morgan fingerprint density at radius 2 is 2.00 bits per heavy atom. The van der Waals surface area contributed by atoms with Crippen molar-refractivity contribution in [1.82, 2.24) is 15.6 Å². The summed E-state index contributed by atoms with van der Waals surface area (Å²) in [7, 11) is 0. The summed E-state index contributed by atoms with van der Waals surface area (Å²) in [6.45, 7) is 3.41. The highest BCUT2D eigenvalue weighted by Gasteiger charge is 2.16. The number of pyridine rings is 1. The lowest BCUT2D eigenvalue weighted by atomic mass is 9.98. The molecule has 2 rings (SSSR count). The van der Waals surface area contributed by atoms with Gasteiger partial charge >= 0.3 is 0 Å². The second-order valence-corrected chi connectivity index (χ2v) is 5.83. The molecule has 0 aliphatic carbocycles. The van der Waals surface area contributed by atoms with Crippen LogP contribution in [-0.2, 0) is 17.8 Å². The van der Waals surface area contributed by atoms with Gasteiger partial charge in [-0.15, -0.1) is 0 Å². The number of carbonyl (C=O) groups is 1. The van der Waals surface area contributed by atoms with Crippen molar-refractivity contribution in [3.05, 3.63) is 65.7 Å². The fraction of sp³-hybridized carbons (Fsp3) is 0.316. The number of guanidine groups is 1. The van der Waals surface area contributed by atoms with Gasteiger partial charge in [0, 0.05) is 19.3 Å². The van der Waals surface area contributed by atoms with Crippen LogP contribution in [0.25, 0.3) is 0 Å². The third-order valence-electron chi connectivity index (χ3n) is 3.78. The quantitative estimate of drug-likeness (QED) is 0.494. The van der Waals surface area contributed by atoms with E-state index in [1.807, 2.05) is 25.1 Å². The van der Waals surface area contributed by atoms with Gasteiger partial charge in [-0.1, -0.05) is 18.2 Å². The zero-order valence-electron chi connectivity index (χ0n) is 14.8. The molecule has 1 aromatic heterocycles. The van der Waals surface area contributed by atoms with E-state index < -0.39 is 11.8 Å². The Balaban J connectivity index is 1.97. The fourth-order valence-electron chi connectivity index (χ4n) is 2.39. The van der Waals surface area contributed by atoms with Gasteiger partial charge in [0.2, 0.25) is 5.91 Å². The minimum Gasteiger partial charge on any atom is -0.369 e. The number of aromatic nitrogens is 1. The Bertz CT molecular complexity index is 718. The Kier molecular flexibility index (Phi) is 7.54. The van der Waals surface area contributed by atoms with Gasteiger partial charge in [0.25, 0.3) is 0 Å². The van der Waals surface area contributed by atoms with E-state index in [-0.39, 0.29) is 5.82 Å². The molecule has 0 saturated heterocycles. The number of benzene rings is 1. The van der Waals surface area contributed by atoms with Crippen molar-refractivity contribution in [2.45, 2.75) is 19.9 Å². The number of hydrogen-bond acceptors (Lipinski definition) is 3. The maximum Gasteiger partial charge on any atom is 0.222 e. The van der Waals surface area contributed by atoms with Gasteiger partial charge in [0.15, 0.2) is 5.96 Å². The first-order valence-electron chi connectivity index (χ1n) is 8.54. The highest BCUT2D eigenvalue weighted by molar-refractivity contribution is 5.81. The molecule has 1 atom stereocenters. The van der Waals surface area contributed by atoms with Crippen molar-refractivity contribution in [1.29, 1.82) is 0 Å². The lowest BCUT2D eigenvalue weighted by Gasteiger charge is -2.17. The lowest BCUT2D eigenvalue weighted by molar-refractivity contribution is -0.121. The first kappa shape index (κ1) is 19.4. The van der Waals surface area contributed by atoms with E-state index in [1.165, 1.54) is 12.1 Å². The molecule has 0 radical (unpaired) electrons. The van der Waals surface area contributed by atoms with Crippen LogP contribution in [0.5, 0.6) is 0 Å². The molecule has 0 aliphatic rings. The second kappa shape index (κ2) is 10.1. The van der Waals surface area contributed by atoms with Crippen molar-refractivity contribution in [2.24, 2.45) is 16.6 Å². The third-order valence-corrected chi connectivity index (χ3v) is 3.78. The summed E-state index contributed by atoms with van der Waals surface area (Å²) in [5.41, 5.74) is 7.22. The molecule has 1 heterocycles. The number of nitrogens with zero attached hydrogens (tertiary/aromatic N) is 2. The molecule has 0 aliphatic heterocycles. The van der Waals surface area contributed by atoms with Crippen LogP contribution in [0.15, 0.2) is 53.7 Å². The van der Waals surface area contributed by atoms with Crippen LogP contribution in [0.1, 0.15) is 18.2 Å². The van der Waals surface area contributed by atoms with Gasteiger partial charge in [-0.2, -0.15) is 0 Å². The molecular weight excluding hydrogens is 333 g/mol. The zero-order chi connectivity index (χ0) is 18.8. The number of hydrogen-bond donors (Lipinski definition) is 3. The summed E-state index contributed by atoms with van der Waals surface area (Å²) in [5.74, 6) is -0.566. The lowest BCUT2D eigenvalue weighted by Crippen LogP contribution is -2.43. The number of nitrogens with one attached hydrogen (secondary N) is 2. The average molecular weight is 357 g/mol. The molecule has 0 saturated carbocycles. The Labute approximate surface area is 152 Å². The molecule has 1 amide bonds. The van der Waals surface area contributed by atoms with Gasteiger partial charge in [0.1, 0.15) is 5.82 Å². The fourth-order valence-corrected chi connectivity index (χ4v) is 2.39. The maximum absolute atomic E-state index is 13.0. The third kappa shape index (κ3) is 6.51. The highest BCUT2D eigenvalue weighted by Crippen LogP contribution is 2.09. The normalized spacial score (nSPS) is 12.5. The van der Waals surface area contributed by atoms with E-state index in [9.17, 15) is 9.18 Å². The number of nitrogens with two attached hydrogens (primary N) is 1. The van der Waals surface area contributed by atoms with E-state index in [0.29, 0.717) is 32.0 Å². The van der Waals surface area contributed by atoms with Gasteiger partial charge < -0.3 is 16.4 Å². The van der Waals surface area contributed by atoms with E-state index in [0.717, 1.165) is 11.3 Å². The van der Waals surface area contributed by atoms with Crippen molar-refractivity contribution < 1.29 is 9.18 Å². The van der Waals surface area contributed by atoms with Crippen molar-refractivity contribution in [3.63, 3.8) is 0 Å². The number of primary amides is 1. The van der Waals surface area contributed by atoms with Crippen LogP contribution in [0.4, 0.5) is 4.39 Å². The minimum atomic E-state index is -0.431. The predicted octanol–water partition coefficient (Wildman–Crippen LogP) is 1.62. The number of halogens is 1. The van der Waals surface area contributed by atoms with E-state index in [4.69, 9.17) is 5.73 Å².